The number of methoxy groups -OCH3 is 1. The Hall–Kier alpha value is -0.290. The van der Waals surface area contributed by atoms with Crippen LogP contribution in [0.25, 0.3) is 0 Å². The van der Waals surface area contributed by atoms with Crippen LogP contribution in [0.15, 0.2) is 22.7 Å². The molecule has 1 aromatic rings. The second-order valence-corrected chi connectivity index (χ2v) is 4.35. The SMILES string of the molecule is COCCOCCOc1ccc(Br)cc1Cl. The van der Waals surface area contributed by atoms with Crippen molar-refractivity contribution in [3.05, 3.63) is 27.7 Å². The van der Waals surface area contributed by atoms with E-state index in [4.69, 9.17) is 25.8 Å². The average Bonchev–Trinajstić information content (AvgIpc) is 2.26. The van der Waals surface area contributed by atoms with Crippen molar-refractivity contribution in [3.8, 4) is 5.75 Å². The van der Waals surface area contributed by atoms with E-state index < -0.39 is 0 Å². The summed E-state index contributed by atoms with van der Waals surface area (Å²) >= 11 is 9.30. The highest BCUT2D eigenvalue weighted by Crippen LogP contribution is 2.27. The molecule has 0 saturated carbocycles. The number of ether oxygens (including phenoxy) is 3. The van der Waals surface area contributed by atoms with Crippen molar-refractivity contribution in [1.29, 1.82) is 0 Å². The zero-order valence-corrected chi connectivity index (χ0v) is 11.4. The van der Waals surface area contributed by atoms with Crippen LogP contribution in [-0.4, -0.2) is 33.5 Å². The fourth-order valence-corrected chi connectivity index (χ4v) is 1.78. The highest BCUT2D eigenvalue weighted by atomic mass is 79.9. The fraction of sp³-hybridized carbons (Fsp3) is 0.455. The lowest BCUT2D eigenvalue weighted by atomic mass is 10.3. The molecule has 0 aliphatic rings. The van der Waals surface area contributed by atoms with Crippen molar-refractivity contribution >= 4 is 27.5 Å². The Kier molecular flexibility index (Phi) is 6.80. The van der Waals surface area contributed by atoms with Crippen molar-refractivity contribution in [3.63, 3.8) is 0 Å². The summed E-state index contributed by atoms with van der Waals surface area (Å²) in [6.45, 7) is 2.17. The first-order chi connectivity index (χ1) is 7.74. The maximum atomic E-state index is 5.98. The highest BCUT2D eigenvalue weighted by Gasteiger charge is 2.01. The summed E-state index contributed by atoms with van der Waals surface area (Å²) in [4.78, 5) is 0. The van der Waals surface area contributed by atoms with Crippen LogP contribution in [0, 0.1) is 0 Å². The second kappa shape index (κ2) is 7.90. The maximum absolute atomic E-state index is 5.98. The van der Waals surface area contributed by atoms with Gasteiger partial charge in [-0.05, 0) is 18.2 Å². The molecule has 0 saturated heterocycles. The van der Waals surface area contributed by atoms with Gasteiger partial charge in [-0.3, -0.25) is 0 Å². The van der Waals surface area contributed by atoms with Crippen molar-refractivity contribution in [2.75, 3.05) is 33.5 Å². The van der Waals surface area contributed by atoms with Gasteiger partial charge < -0.3 is 14.2 Å². The minimum atomic E-state index is 0.477. The van der Waals surface area contributed by atoms with E-state index in [1.54, 1.807) is 13.2 Å². The van der Waals surface area contributed by atoms with Gasteiger partial charge in [-0.1, -0.05) is 27.5 Å². The fourth-order valence-electron chi connectivity index (χ4n) is 1.05. The van der Waals surface area contributed by atoms with E-state index in [-0.39, 0.29) is 0 Å². The minimum absolute atomic E-state index is 0.477. The number of hydrogen-bond acceptors (Lipinski definition) is 3. The molecule has 0 heterocycles. The van der Waals surface area contributed by atoms with Gasteiger partial charge in [0.15, 0.2) is 0 Å². The quantitative estimate of drug-likeness (QED) is 0.724. The van der Waals surface area contributed by atoms with E-state index in [2.05, 4.69) is 15.9 Å². The van der Waals surface area contributed by atoms with Crippen LogP contribution in [0.5, 0.6) is 5.75 Å². The molecule has 0 aliphatic carbocycles. The van der Waals surface area contributed by atoms with Crippen LogP contribution in [0.2, 0.25) is 5.02 Å². The van der Waals surface area contributed by atoms with Crippen LogP contribution in [0.3, 0.4) is 0 Å². The van der Waals surface area contributed by atoms with Crippen molar-refractivity contribution in [1.82, 2.24) is 0 Å². The van der Waals surface area contributed by atoms with E-state index >= 15 is 0 Å². The van der Waals surface area contributed by atoms with Crippen molar-refractivity contribution in [2.45, 2.75) is 0 Å². The van der Waals surface area contributed by atoms with E-state index in [0.29, 0.717) is 37.2 Å². The molecule has 0 N–H and O–H groups in total. The average molecular weight is 310 g/mol. The van der Waals surface area contributed by atoms with E-state index in [0.717, 1.165) is 4.47 Å². The third kappa shape index (κ3) is 5.16. The molecule has 0 atom stereocenters. The molecule has 5 heteroatoms. The smallest absolute Gasteiger partial charge is 0.138 e. The molecule has 16 heavy (non-hydrogen) atoms. The second-order valence-electron chi connectivity index (χ2n) is 3.03. The molecule has 0 bridgehead atoms. The van der Waals surface area contributed by atoms with Gasteiger partial charge in [0.2, 0.25) is 0 Å². The number of benzene rings is 1. The van der Waals surface area contributed by atoms with Crippen LogP contribution >= 0.6 is 27.5 Å². The van der Waals surface area contributed by atoms with Gasteiger partial charge in [0, 0.05) is 11.6 Å². The summed E-state index contributed by atoms with van der Waals surface area (Å²) in [5.74, 6) is 0.667. The summed E-state index contributed by atoms with van der Waals surface area (Å²) in [7, 11) is 1.64. The molecular weight excluding hydrogens is 295 g/mol. The summed E-state index contributed by atoms with van der Waals surface area (Å²) in [6, 6.07) is 5.50. The van der Waals surface area contributed by atoms with Gasteiger partial charge >= 0.3 is 0 Å². The lowest BCUT2D eigenvalue weighted by molar-refractivity contribution is 0.0544. The normalized spacial score (nSPS) is 10.4. The summed E-state index contributed by atoms with van der Waals surface area (Å²) < 4.78 is 16.5. The topological polar surface area (TPSA) is 27.7 Å². The predicted molar refractivity (Wildman–Crippen MR) is 67.3 cm³/mol. The van der Waals surface area contributed by atoms with E-state index in [1.807, 2.05) is 12.1 Å². The summed E-state index contributed by atoms with van der Waals surface area (Å²) in [6.07, 6.45) is 0. The summed E-state index contributed by atoms with van der Waals surface area (Å²) in [5, 5.41) is 0.589. The zero-order chi connectivity index (χ0) is 11.8. The van der Waals surface area contributed by atoms with Gasteiger partial charge in [0.05, 0.1) is 24.8 Å². The minimum Gasteiger partial charge on any atom is -0.490 e. The molecule has 0 aromatic heterocycles. The molecule has 0 unspecified atom stereocenters. The molecule has 0 amide bonds. The number of rotatable bonds is 7. The Balaban J connectivity index is 2.21. The first-order valence-electron chi connectivity index (χ1n) is 4.88. The Morgan fingerprint density at radius 3 is 2.62 bits per heavy atom. The Morgan fingerprint density at radius 1 is 1.19 bits per heavy atom. The zero-order valence-electron chi connectivity index (χ0n) is 9.04. The molecule has 1 rings (SSSR count). The Morgan fingerprint density at radius 2 is 1.94 bits per heavy atom. The Bertz CT molecular complexity index is 320. The molecule has 0 fully saturated rings. The number of hydrogen-bond donors (Lipinski definition) is 0. The Labute approximate surface area is 109 Å². The van der Waals surface area contributed by atoms with Gasteiger partial charge in [0.1, 0.15) is 12.4 Å². The third-order valence-electron chi connectivity index (χ3n) is 1.81. The van der Waals surface area contributed by atoms with Crippen molar-refractivity contribution < 1.29 is 14.2 Å². The van der Waals surface area contributed by atoms with Gasteiger partial charge in [-0.25, -0.2) is 0 Å². The summed E-state index contributed by atoms with van der Waals surface area (Å²) in [5.41, 5.74) is 0. The van der Waals surface area contributed by atoms with Crippen LogP contribution in [0.1, 0.15) is 0 Å². The first-order valence-corrected chi connectivity index (χ1v) is 6.05. The molecule has 0 radical (unpaired) electrons. The van der Waals surface area contributed by atoms with Crippen LogP contribution in [-0.2, 0) is 9.47 Å². The van der Waals surface area contributed by atoms with Crippen LogP contribution < -0.4 is 4.74 Å². The molecule has 90 valence electrons. The predicted octanol–water partition coefficient (Wildman–Crippen LogP) is 3.14. The van der Waals surface area contributed by atoms with Gasteiger partial charge in [0.25, 0.3) is 0 Å². The largest absolute Gasteiger partial charge is 0.490 e. The number of halogens is 2. The molecule has 1 aromatic carbocycles. The first kappa shape index (κ1) is 13.8. The molecule has 0 spiro atoms. The van der Waals surface area contributed by atoms with Crippen LogP contribution in [0.4, 0.5) is 0 Å². The molecule has 3 nitrogen and oxygen atoms in total. The third-order valence-corrected chi connectivity index (χ3v) is 2.60. The lowest BCUT2D eigenvalue weighted by Gasteiger charge is -2.08. The molecule has 0 aliphatic heterocycles. The standard InChI is InChI=1S/C11H14BrClO3/c1-14-4-5-15-6-7-16-11-3-2-9(12)8-10(11)13/h2-3,8H,4-7H2,1H3. The van der Waals surface area contributed by atoms with Gasteiger partial charge in [-0.15, -0.1) is 0 Å². The molecular formula is C11H14BrClO3. The lowest BCUT2D eigenvalue weighted by Crippen LogP contribution is -2.10. The van der Waals surface area contributed by atoms with E-state index in [1.165, 1.54) is 0 Å². The van der Waals surface area contributed by atoms with Gasteiger partial charge in [-0.2, -0.15) is 0 Å². The monoisotopic (exact) mass is 308 g/mol. The van der Waals surface area contributed by atoms with Crippen molar-refractivity contribution in [2.24, 2.45) is 0 Å². The highest BCUT2D eigenvalue weighted by molar-refractivity contribution is 9.10. The van der Waals surface area contributed by atoms with E-state index in [9.17, 15) is 0 Å². The maximum Gasteiger partial charge on any atom is 0.138 e.